The van der Waals surface area contributed by atoms with Crippen LogP contribution in [0.1, 0.15) is 12.0 Å². The summed E-state index contributed by atoms with van der Waals surface area (Å²) in [4.78, 5) is 10.5. The van der Waals surface area contributed by atoms with E-state index in [-0.39, 0.29) is 5.69 Å². The zero-order chi connectivity index (χ0) is 10.6. The molecule has 0 N–H and O–H groups in total. The first-order valence-corrected chi connectivity index (χ1v) is 4.43. The molecule has 0 aliphatic rings. The average molecular weight is 208 g/mol. The molecule has 0 atom stereocenters. The van der Waals surface area contributed by atoms with E-state index in [1.165, 1.54) is 12.1 Å². The van der Waals surface area contributed by atoms with Crippen molar-refractivity contribution in [3.63, 3.8) is 0 Å². The van der Waals surface area contributed by atoms with Crippen LogP contribution in [-0.2, 0) is 6.42 Å². The second-order valence-corrected chi connectivity index (χ2v) is 3.21. The number of nitro groups is 1. The summed E-state index contributed by atoms with van der Waals surface area (Å²) in [6, 6.07) is 6.47. The van der Waals surface area contributed by atoms with Gasteiger partial charge in [-0.25, -0.2) is 0 Å². The number of benzene rings is 1. The fourth-order valence-corrected chi connectivity index (χ4v) is 1.39. The molecule has 0 aromatic heterocycles. The van der Waals surface area contributed by atoms with E-state index in [0.29, 0.717) is 17.7 Å². The van der Waals surface area contributed by atoms with Gasteiger partial charge in [0.25, 0.3) is 5.69 Å². The Balaban J connectivity index is 2.91. The van der Waals surface area contributed by atoms with Gasteiger partial charge in [-0.05, 0) is 12.0 Å². The molecule has 14 heavy (non-hydrogen) atoms. The molecule has 1 rings (SSSR count). The predicted molar refractivity (Wildman–Crippen MR) is 54.3 cm³/mol. The zero-order valence-electron chi connectivity index (χ0n) is 7.30. The van der Waals surface area contributed by atoms with Crippen molar-refractivity contribution < 1.29 is 4.92 Å². The largest absolute Gasteiger partial charge is 0.270 e. The van der Waals surface area contributed by atoms with Gasteiger partial charge in [-0.3, -0.25) is 10.1 Å². The van der Waals surface area contributed by atoms with Gasteiger partial charge in [-0.1, -0.05) is 6.07 Å². The Kier molecular flexibility index (Phi) is 3.48. The van der Waals surface area contributed by atoms with E-state index in [1.807, 2.05) is 6.07 Å². The Morgan fingerprint density at radius 3 is 2.79 bits per heavy atom. The van der Waals surface area contributed by atoms with Crippen molar-refractivity contribution in [3.05, 3.63) is 33.9 Å². The number of nitro benzene ring substituents is 1. The quantitative estimate of drug-likeness (QED) is 0.471. The van der Waals surface area contributed by atoms with E-state index in [1.54, 1.807) is 6.07 Å². The maximum Gasteiger partial charge on any atom is 0.270 e. The first-order valence-electron chi connectivity index (χ1n) is 3.98. The van der Waals surface area contributed by atoms with E-state index in [2.05, 4.69) is 12.6 Å². The molecule has 1 aromatic carbocycles. The van der Waals surface area contributed by atoms with Gasteiger partial charge in [0.15, 0.2) is 0 Å². The van der Waals surface area contributed by atoms with Crippen molar-refractivity contribution in [2.75, 3.05) is 0 Å². The minimum absolute atomic E-state index is 0.0238. The van der Waals surface area contributed by atoms with E-state index in [9.17, 15) is 10.1 Å². The van der Waals surface area contributed by atoms with Crippen molar-refractivity contribution in [2.45, 2.75) is 17.7 Å². The summed E-state index contributed by atoms with van der Waals surface area (Å²) < 4.78 is 0. The second-order valence-electron chi connectivity index (χ2n) is 2.73. The van der Waals surface area contributed by atoms with E-state index < -0.39 is 4.92 Å². The molecule has 0 radical (unpaired) electrons. The van der Waals surface area contributed by atoms with Gasteiger partial charge in [0, 0.05) is 23.4 Å². The number of aryl methyl sites for hydroxylation is 1. The second kappa shape index (κ2) is 4.63. The highest BCUT2D eigenvalue weighted by Crippen LogP contribution is 2.21. The summed E-state index contributed by atoms with van der Waals surface area (Å²) in [7, 11) is 0. The maximum atomic E-state index is 10.4. The van der Waals surface area contributed by atoms with Crippen molar-refractivity contribution in [1.29, 1.82) is 5.26 Å². The molecule has 72 valence electrons. The third kappa shape index (κ3) is 2.47. The Hall–Kier alpha value is -1.54. The summed E-state index contributed by atoms with van der Waals surface area (Å²) in [6.45, 7) is 0. The summed E-state index contributed by atoms with van der Waals surface area (Å²) in [6.07, 6.45) is 0.971. The van der Waals surface area contributed by atoms with Crippen LogP contribution in [0.5, 0.6) is 0 Å². The van der Waals surface area contributed by atoms with Crippen LogP contribution in [0.25, 0.3) is 0 Å². The molecule has 0 unspecified atom stereocenters. The fourth-order valence-electron chi connectivity index (χ4n) is 1.07. The van der Waals surface area contributed by atoms with Gasteiger partial charge < -0.3 is 0 Å². The maximum absolute atomic E-state index is 10.4. The number of thiol groups is 1. The standard InChI is InChI=1S/C9H8N2O2S/c10-5-1-2-7-3-4-8(11(12)13)6-9(7)14/h3-4,6,14H,1-2H2. The average Bonchev–Trinajstić information content (AvgIpc) is 2.15. The topological polar surface area (TPSA) is 66.9 Å². The first kappa shape index (κ1) is 10.5. The van der Waals surface area contributed by atoms with Crippen LogP contribution in [0.2, 0.25) is 0 Å². The van der Waals surface area contributed by atoms with Gasteiger partial charge in [0.2, 0.25) is 0 Å². The Morgan fingerprint density at radius 2 is 2.29 bits per heavy atom. The van der Waals surface area contributed by atoms with Gasteiger partial charge in [0.05, 0.1) is 11.0 Å². The van der Waals surface area contributed by atoms with Crippen LogP contribution >= 0.6 is 12.6 Å². The molecule has 5 heteroatoms. The number of non-ortho nitro benzene ring substituents is 1. The highest BCUT2D eigenvalue weighted by Gasteiger charge is 2.07. The number of rotatable bonds is 3. The molecule has 0 fully saturated rings. The molecular formula is C9H8N2O2S. The lowest BCUT2D eigenvalue weighted by Crippen LogP contribution is -1.91. The summed E-state index contributed by atoms with van der Waals surface area (Å²) >= 11 is 4.12. The molecule has 0 saturated heterocycles. The van der Waals surface area contributed by atoms with Crippen molar-refractivity contribution in [2.24, 2.45) is 0 Å². The van der Waals surface area contributed by atoms with Crippen LogP contribution in [0.4, 0.5) is 5.69 Å². The van der Waals surface area contributed by atoms with Crippen molar-refractivity contribution in [1.82, 2.24) is 0 Å². The van der Waals surface area contributed by atoms with Crippen LogP contribution in [-0.4, -0.2) is 4.92 Å². The lowest BCUT2D eigenvalue weighted by Gasteiger charge is -2.01. The van der Waals surface area contributed by atoms with Crippen LogP contribution < -0.4 is 0 Å². The Labute approximate surface area is 86.7 Å². The molecule has 4 nitrogen and oxygen atoms in total. The third-order valence-electron chi connectivity index (χ3n) is 1.79. The third-order valence-corrected chi connectivity index (χ3v) is 2.20. The number of nitrogens with zero attached hydrogens (tertiary/aromatic N) is 2. The lowest BCUT2D eigenvalue weighted by molar-refractivity contribution is -0.385. The molecule has 1 aromatic rings. The molecule has 0 aliphatic heterocycles. The Morgan fingerprint density at radius 1 is 1.57 bits per heavy atom. The monoisotopic (exact) mass is 208 g/mol. The number of hydrogen-bond acceptors (Lipinski definition) is 4. The van der Waals surface area contributed by atoms with Gasteiger partial charge in [-0.15, -0.1) is 12.6 Å². The summed E-state index contributed by atoms with van der Waals surface area (Å²) in [5.41, 5.74) is 0.885. The number of nitriles is 1. The van der Waals surface area contributed by atoms with Gasteiger partial charge >= 0.3 is 0 Å². The van der Waals surface area contributed by atoms with E-state index in [4.69, 9.17) is 5.26 Å². The van der Waals surface area contributed by atoms with Crippen molar-refractivity contribution >= 4 is 18.3 Å². The smallest absolute Gasteiger partial charge is 0.258 e. The molecule has 0 aliphatic carbocycles. The SMILES string of the molecule is N#CCCc1ccc([N+](=O)[O-])cc1S. The molecule has 0 spiro atoms. The van der Waals surface area contributed by atoms with Crippen LogP contribution in [0.3, 0.4) is 0 Å². The molecule has 0 saturated carbocycles. The van der Waals surface area contributed by atoms with Crippen LogP contribution in [0, 0.1) is 21.4 Å². The normalized spacial score (nSPS) is 9.43. The van der Waals surface area contributed by atoms with Crippen molar-refractivity contribution in [3.8, 4) is 6.07 Å². The summed E-state index contributed by atoms with van der Waals surface area (Å²) in [5, 5.41) is 18.8. The summed E-state index contributed by atoms with van der Waals surface area (Å²) in [5.74, 6) is 0. The van der Waals surface area contributed by atoms with Gasteiger partial charge in [-0.2, -0.15) is 5.26 Å². The van der Waals surface area contributed by atoms with E-state index in [0.717, 1.165) is 5.56 Å². The number of hydrogen-bond donors (Lipinski definition) is 1. The van der Waals surface area contributed by atoms with Gasteiger partial charge in [0.1, 0.15) is 0 Å². The highest BCUT2D eigenvalue weighted by atomic mass is 32.1. The minimum Gasteiger partial charge on any atom is -0.258 e. The lowest BCUT2D eigenvalue weighted by atomic mass is 10.1. The van der Waals surface area contributed by atoms with E-state index >= 15 is 0 Å². The minimum atomic E-state index is -0.464. The first-order chi connectivity index (χ1) is 6.65. The predicted octanol–water partition coefficient (Wildman–Crippen LogP) is 2.34. The zero-order valence-corrected chi connectivity index (χ0v) is 8.20. The highest BCUT2D eigenvalue weighted by molar-refractivity contribution is 7.80. The fraction of sp³-hybridized carbons (Fsp3) is 0.222. The van der Waals surface area contributed by atoms with Crippen LogP contribution in [0.15, 0.2) is 23.1 Å². The Bertz CT molecular complexity index is 398. The molecular weight excluding hydrogens is 200 g/mol. The molecule has 0 amide bonds. The molecule has 0 bridgehead atoms. The molecule has 0 heterocycles.